The van der Waals surface area contributed by atoms with Gasteiger partial charge in [0.25, 0.3) is 0 Å². The van der Waals surface area contributed by atoms with E-state index in [9.17, 15) is 9.59 Å². The molecule has 7 atom stereocenters. The highest BCUT2D eigenvalue weighted by Gasteiger charge is 2.66. The Kier molecular flexibility index (Phi) is 3.61. The largest absolute Gasteiger partial charge is 0.371 e. The van der Waals surface area contributed by atoms with Gasteiger partial charge in [0.1, 0.15) is 5.78 Å². The van der Waals surface area contributed by atoms with E-state index in [4.69, 9.17) is 4.74 Å². The highest BCUT2D eigenvalue weighted by Crippen LogP contribution is 2.66. The minimum absolute atomic E-state index is 0.0280. The first kappa shape index (κ1) is 16.0. The Morgan fingerprint density at radius 2 is 2.20 bits per heavy atom. The number of ketones is 2. The second kappa shape index (κ2) is 5.64. The molecule has 3 nitrogen and oxygen atoms in total. The van der Waals surface area contributed by atoms with E-state index >= 15 is 0 Å². The van der Waals surface area contributed by atoms with Crippen molar-refractivity contribution in [2.24, 2.45) is 29.6 Å². The average molecular weight is 340 g/mol. The normalized spacial score (nSPS) is 46.6. The van der Waals surface area contributed by atoms with Gasteiger partial charge in [0.05, 0.1) is 11.7 Å². The summed E-state index contributed by atoms with van der Waals surface area (Å²) in [7, 11) is 0. The van der Waals surface area contributed by atoms with Gasteiger partial charge in [-0.15, -0.1) is 0 Å². The van der Waals surface area contributed by atoms with E-state index < -0.39 is 0 Å². The van der Waals surface area contributed by atoms with E-state index in [1.165, 1.54) is 18.4 Å². The lowest BCUT2D eigenvalue weighted by Crippen LogP contribution is -2.50. The molecule has 4 aliphatic carbocycles. The van der Waals surface area contributed by atoms with Gasteiger partial charge in [-0.3, -0.25) is 4.79 Å². The second-order valence-electron chi connectivity index (χ2n) is 9.10. The van der Waals surface area contributed by atoms with Crippen LogP contribution in [0.2, 0.25) is 0 Å². The molecule has 25 heavy (non-hydrogen) atoms. The van der Waals surface area contributed by atoms with E-state index in [0.29, 0.717) is 47.8 Å². The maximum Gasteiger partial charge on any atom is 0.155 e. The number of carbonyl (C=O) groups excluding carboxylic acids is 2. The SMILES string of the molecule is CC(=O)CCCC12CCC3C4CCC(=O)C=C4C=CC3C1[C@H]1C[C@H]1O2. The zero-order chi connectivity index (χ0) is 17.2. The number of hydrogen-bond donors (Lipinski definition) is 0. The molecule has 0 radical (unpaired) electrons. The van der Waals surface area contributed by atoms with Crippen LogP contribution in [-0.2, 0) is 14.3 Å². The lowest BCUT2D eigenvalue weighted by atomic mass is 9.55. The summed E-state index contributed by atoms with van der Waals surface area (Å²) < 4.78 is 6.60. The molecule has 5 rings (SSSR count). The molecule has 1 saturated heterocycles. The van der Waals surface area contributed by atoms with Gasteiger partial charge < -0.3 is 9.53 Å². The van der Waals surface area contributed by atoms with Gasteiger partial charge in [-0.2, -0.15) is 0 Å². The van der Waals surface area contributed by atoms with E-state index in [1.807, 2.05) is 6.08 Å². The molecule has 2 saturated carbocycles. The van der Waals surface area contributed by atoms with E-state index in [2.05, 4.69) is 12.2 Å². The van der Waals surface area contributed by atoms with Crippen molar-refractivity contribution in [3.8, 4) is 0 Å². The standard InChI is InChI=1S/C22H28O3/c1-13(23)3-2-9-22-10-8-17-16-7-5-15(24)11-14(16)4-6-18(17)21(22)19-12-20(19)25-22/h4,6,11,16-21H,2-3,5,7-10,12H2,1H3/t16?,17?,18?,19-,20+,21?,22?/m0/s1. The van der Waals surface area contributed by atoms with Crippen LogP contribution in [0.15, 0.2) is 23.8 Å². The van der Waals surface area contributed by atoms with Crippen molar-refractivity contribution in [3.63, 3.8) is 0 Å². The number of rotatable bonds is 4. The van der Waals surface area contributed by atoms with Crippen molar-refractivity contribution in [1.29, 1.82) is 0 Å². The summed E-state index contributed by atoms with van der Waals surface area (Å²) in [6, 6.07) is 0. The molecule has 1 heterocycles. The predicted octanol–water partition coefficient (Wildman–Crippen LogP) is 4.02. The van der Waals surface area contributed by atoms with Gasteiger partial charge in [-0.1, -0.05) is 12.2 Å². The van der Waals surface area contributed by atoms with Crippen LogP contribution in [0.25, 0.3) is 0 Å². The zero-order valence-electron chi connectivity index (χ0n) is 15.1. The molecule has 5 unspecified atom stereocenters. The van der Waals surface area contributed by atoms with Gasteiger partial charge in [-0.05, 0) is 86.7 Å². The molecule has 0 aromatic rings. The summed E-state index contributed by atoms with van der Waals surface area (Å²) in [4.78, 5) is 23.2. The van der Waals surface area contributed by atoms with Gasteiger partial charge in [0.2, 0.25) is 0 Å². The second-order valence-corrected chi connectivity index (χ2v) is 9.10. The molecule has 0 aromatic heterocycles. The summed E-state index contributed by atoms with van der Waals surface area (Å²) >= 11 is 0. The smallest absolute Gasteiger partial charge is 0.155 e. The first-order chi connectivity index (χ1) is 12.1. The molecule has 0 N–H and O–H groups in total. The third kappa shape index (κ3) is 2.50. The number of hydrogen-bond acceptors (Lipinski definition) is 3. The maximum absolute atomic E-state index is 11.8. The number of ether oxygens (including phenoxy) is 1. The molecule has 5 aliphatic rings. The third-order valence-corrected chi connectivity index (χ3v) is 7.66. The molecule has 0 aromatic carbocycles. The van der Waals surface area contributed by atoms with Crippen LogP contribution < -0.4 is 0 Å². The first-order valence-corrected chi connectivity index (χ1v) is 10.2. The molecule has 3 fully saturated rings. The van der Waals surface area contributed by atoms with Gasteiger partial charge in [0, 0.05) is 12.8 Å². The Bertz CT molecular complexity index is 675. The Morgan fingerprint density at radius 3 is 3.04 bits per heavy atom. The number of Topliss-reactive ketones (excluding diaryl/α,β-unsaturated/α-hetero) is 1. The van der Waals surface area contributed by atoms with Crippen molar-refractivity contribution >= 4 is 11.6 Å². The van der Waals surface area contributed by atoms with E-state index in [0.717, 1.165) is 38.0 Å². The van der Waals surface area contributed by atoms with Crippen molar-refractivity contribution in [3.05, 3.63) is 23.8 Å². The minimum Gasteiger partial charge on any atom is -0.371 e. The van der Waals surface area contributed by atoms with E-state index in [-0.39, 0.29) is 5.60 Å². The van der Waals surface area contributed by atoms with Gasteiger partial charge >= 0.3 is 0 Å². The fourth-order valence-electron chi connectivity index (χ4n) is 6.61. The van der Waals surface area contributed by atoms with Crippen molar-refractivity contribution < 1.29 is 14.3 Å². The van der Waals surface area contributed by atoms with Crippen LogP contribution in [0.3, 0.4) is 0 Å². The summed E-state index contributed by atoms with van der Waals surface area (Å²) in [6.45, 7) is 1.70. The van der Waals surface area contributed by atoms with Crippen LogP contribution in [0.1, 0.15) is 58.3 Å². The highest BCUT2D eigenvalue weighted by atomic mass is 16.5. The maximum atomic E-state index is 11.8. The molecule has 0 bridgehead atoms. The van der Waals surface area contributed by atoms with Crippen molar-refractivity contribution in [2.75, 3.05) is 0 Å². The predicted molar refractivity (Wildman–Crippen MR) is 94.9 cm³/mol. The van der Waals surface area contributed by atoms with Crippen LogP contribution in [0.5, 0.6) is 0 Å². The Morgan fingerprint density at radius 1 is 1.32 bits per heavy atom. The lowest BCUT2D eigenvalue weighted by Gasteiger charge is -2.52. The number of fused-ring (bicyclic) bond motifs is 7. The summed E-state index contributed by atoms with van der Waals surface area (Å²) in [5, 5.41) is 0. The Balaban J connectivity index is 1.42. The number of carbonyl (C=O) groups is 2. The molecule has 0 amide bonds. The monoisotopic (exact) mass is 340 g/mol. The number of allylic oxidation sites excluding steroid dienone is 4. The highest BCUT2D eigenvalue weighted by molar-refractivity contribution is 5.91. The quantitative estimate of drug-likeness (QED) is 0.776. The fourth-order valence-corrected chi connectivity index (χ4v) is 6.61. The molecular formula is C22H28O3. The molecule has 1 aliphatic heterocycles. The molecule has 134 valence electrons. The van der Waals surface area contributed by atoms with Gasteiger partial charge in [-0.25, -0.2) is 0 Å². The summed E-state index contributed by atoms with van der Waals surface area (Å²) in [6.07, 6.45) is 15.1. The van der Waals surface area contributed by atoms with Crippen molar-refractivity contribution in [2.45, 2.75) is 70.0 Å². The van der Waals surface area contributed by atoms with Crippen LogP contribution in [0.4, 0.5) is 0 Å². The molecule has 3 heteroatoms. The topological polar surface area (TPSA) is 43.4 Å². The summed E-state index contributed by atoms with van der Waals surface area (Å²) in [5.41, 5.74) is 1.31. The van der Waals surface area contributed by atoms with Gasteiger partial charge in [0.15, 0.2) is 5.78 Å². The zero-order valence-corrected chi connectivity index (χ0v) is 15.1. The Labute approximate surface area is 149 Å². The lowest BCUT2D eigenvalue weighted by molar-refractivity contribution is -0.122. The van der Waals surface area contributed by atoms with Crippen molar-refractivity contribution in [1.82, 2.24) is 0 Å². The van der Waals surface area contributed by atoms with Crippen LogP contribution in [-0.4, -0.2) is 23.3 Å². The third-order valence-electron chi connectivity index (χ3n) is 7.66. The van der Waals surface area contributed by atoms with E-state index in [1.54, 1.807) is 6.92 Å². The molecule has 0 spiro atoms. The molecular weight excluding hydrogens is 312 g/mol. The fraction of sp³-hybridized carbons (Fsp3) is 0.727. The minimum atomic E-state index is 0.0280. The summed E-state index contributed by atoms with van der Waals surface area (Å²) in [5.74, 6) is 3.86. The van der Waals surface area contributed by atoms with Crippen LogP contribution in [0, 0.1) is 29.6 Å². The Hall–Kier alpha value is -1.22. The first-order valence-electron chi connectivity index (χ1n) is 10.2. The average Bonchev–Trinajstić information content (AvgIpc) is 3.24. The van der Waals surface area contributed by atoms with Crippen LogP contribution >= 0.6 is 0 Å².